The van der Waals surface area contributed by atoms with Crippen LogP contribution in [0.5, 0.6) is 5.75 Å². The molecule has 5 nitrogen and oxygen atoms in total. The fourth-order valence-electron chi connectivity index (χ4n) is 1.47. The van der Waals surface area contributed by atoms with Gasteiger partial charge in [-0.2, -0.15) is 0 Å². The van der Waals surface area contributed by atoms with E-state index in [0.29, 0.717) is 5.76 Å². The molecule has 0 spiro atoms. The number of halogens is 3. The standard InChI is InChI=1S/C11H6F3NO4/c12-11(13,14)19-10-4-3-7(6-8(10)15(16)17)9-2-1-5-18-9/h1-6H. The first kappa shape index (κ1) is 12.9. The summed E-state index contributed by atoms with van der Waals surface area (Å²) in [4.78, 5) is 9.81. The van der Waals surface area contributed by atoms with Crippen molar-refractivity contribution in [2.75, 3.05) is 0 Å². The van der Waals surface area contributed by atoms with Crippen molar-refractivity contribution in [1.29, 1.82) is 0 Å². The van der Waals surface area contributed by atoms with E-state index in [9.17, 15) is 23.3 Å². The zero-order valence-electron chi connectivity index (χ0n) is 9.18. The summed E-state index contributed by atoms with van der Waals surface area (Å²) >= 11 is 0. The first-order chi connectivity index (χ1) is 8.87. The molecule has 0 fully saturated rings. The van der Waals surface area contributed by atoms with Crippen LogP contribution >= 0.6 is 0 Å². The van der Waals surface area contributed by atoms with E-state index in [1.165, 1.54) is 18.4 Å². The molecule has 0 aliphatic rings. The number of rotatable bonds is 3. The summed E-state index contributed by atoms with van der Waals surface area (Å²) < 4.78 is 44.9. The van der Waals surface area contributed by atoms with Gasteiger partial charge in [0, 0.05) is 11.6 Å². The zero-order valence-corrected chi connectivity index (χ0v) is 9.18. The van der Waals surface area contributed by atoms with E-state index < -0.39 is 22.7 Å². The van der Waals surface area contributed by atoms with Crippen LogP contribution in [0.15, 0.2) is 41.0 Å². The largest absolute Gasteiger partial charge is 0.573 e. The van der Waals surface area contributed by atoms with E-state index in [1.54, 1.807) is 6.07 Å². The van der Waals surface area contributed by atoms with E-state index in [-0.39, 0.29) is 5.56 Å². The summed E-state index contributed by atoms with van der Waals surface area (Å²) in [5.41, 5.74) is -0.502. The Hall–Kier alpha value is -2.51. The number of ether oxygens (including phenoxy) is 1. The number of hydrogen-bond acceptors (Lipinski definition) is 4. The molecule has 0 atom stereocenters. The molecule has 0 aliphatic carbocycles. The van der Waals surface area contributed by atoms with E-state index >= 15 is 0 Å². The Kier molecular flexibility index (Phi) is 3.16. The van der Waals surface area contributed by atoms with Gasteiger partial charge in [-0.05, 0) is 24.3 Å². The summed E-state index contributed by atoms with van der Waals surface area (Å²) in [6.07, 6.45) is -3.64. The van der Waals surface area contributed by atoms with Crippen LogP contribution in [0.3, 0.4) is 0 Å². The van der Waals surface area contributed by atoms with Gasteiger partial charge in [0.1, 0.15) is 5.76 Å². The Morgan fingerprint density at radius 1 is 1.26 bits per heavy atom. The number of benzene rings is 1. The minimum absolute atomic E-state index is 0.284. The van der Waals surface area contributed by atoms with Crippen molar-refractivity contribution in [3.8, 4) is 17.1 Å². The Balaban J connectivity index is 2.44. The quantitative estimate of drug-likeness (QED) is 0.631. The minimum Gasteiger partial charge on any atom is -0.464 e. The van der Waals surface area contributed by atoms with Crippen LogP contribution in [0.4, 0.5) is 18.9 Å². The van der Waals surface area contributed by atoms with Crippen LogP contribution < -0.4 is 4.74 Å². The minimum atomic E-state index is -4.99. The Morgan fingerprint density at radius 3 is 2.53 bits per heavy atom. The van der Waals surface area contributed by atoms with Crippen molar-refractivity contribution in [2.45, 2.75) is 6.36 Å². The molecule has 1 aromatic heterocycles. The molecule has 100 valence electrons. The third kappa shape index (κ3) is 3.03. The number of alkyl halides is 3. The van der Waals surface area contributed by atoms with Gasteiger partial charge < -0.3 is 9.15 Å². The lowest BCUT2D eigenvalue weighted by Crippen LogP contribution is -2.17. The Morgan fingerprint density at radius 2 is 2.00 bits per heavy atom. The molecule has 0 saturated carbocycles. The number of hydrogen-bond donors (Lipinski definition) is 0. The summed E-state index contributed by atoms with van der Waals surface area (Å²) in [6, 6.07) is 6.17. The van der Waals surface area contributed by atoms with Gasteiger partial charge in [-0.1, -0.05) is 0 Å². The second-order valence-corrected chi connectivity index (χ2v) is 3.46. The fraction of sp³-hybridized carbons (Fsp3) is 0.0909. The van der Waals surface area contributed by atoms with Crippen molar-refractivity contribution in [2.24, 2.45) is 0 Å². The smallest absolute Gasteiger partial charge is 0.464 e. The van der Waals surface area contributed by atoms with Crippen LogP contribution in [0.2, 0.25) is 0 Å². The molecule has 1 heterocycles. The van der Waals surface area contributed by atoms with Gasteiger partial charge in [0.05, 0.1) is 11.2 Å². The summed E-state index contributed by atoms with van der Waals surface area (Å²) in [5.74, 6) is -0.561. The third-order valence-electron chi connectivity index (χ3n) is 2.19. The highest BCUT2D eigenvalue weighted by Gasteiger charge is 2.34. The number of furan rings is 1. The molecule has 2 rings (SSSR count). The molecule has 0 bridgehead atoms. The van der Waals surface area contributed by atoms with Crippen LogP contribution in [-0.4, -0.2) is 11.3 Å². The molecule has 0 radical (unpaired) electrons. The number of nitro groups is 1. The van der Waals surface area contributed by atoms with Gasteiger partial charge in [0.2, 0.25) is 5.75 Å². The summed E-state index contributed by atoms with van der Waals surface area (Å²) in [5, 5.41) is 10.8. The van der Waals surface area contributed by atoms with Crippen molar-refractivity contribution in [1.82, 2.24) is 0 Å². The molecular formula is C11H6F3NO4. The van der Waals surface area contributed by atoms with Crippen LogP contribution in [0.25, 0.3) is 11.3 Å². The lowest BCUT2D eigenvalue weighted by Gasteiger charge is -2.09. The van der Waals surface area contributed by atoms with E-state index in [4.69, 9.17) is 4.42 Å². The maximum atomic E-state index is 12.1. The van der Waals surface area contributed by atoms with E-state index in [1.807, 2.05) is 0 Å². The average Bonchev–Trinajstić information content (AvgIpc) is 2.80. The fourth-order valence-corrected chi connectivity index (χ4v) is 1.47. The Labute approximate surface area is 104 Å². The molecule has 0 aliphatic heterocycles. The lowest BCUT2D eigenvalue weighted by molar-refractivity contribution is -0.388. The zero-order chi connectivity index (χ0) is 14.0. The van der Waals surface area contributed by atoms with E-state index in [0.717, 1.165) is 12.1 Å². The predicted octanol–water partition coefficient (Wildman–Crippen LogP) is 3.75. The highest BCUT2D eigenvalue weighted by Crippen LogP contribution is 2.35. The Bertz CT molecular complexity index is 592. The van der Waals surface area contributed by atoms with Gasteiger partial charge in [0.15, 0.2) is 0 Å². The van der Waals surface area contributed by atoms with Gasteiger partial charge in [0.25, 0.3) is 0 Å². The lowest BCUT2D eigenvalue weighted by atomic mass is 10.1. The molecular weight excluding hydrogens is 267 g/mol. The molecule has 19 heavy (non-hydrogen) atoms. The van der Waals surface area contributed by atoms with Crippen LogP contribution in [0.1, 0.15) is 0 Å². The average molecular weight is 273 g/mol. The molecule has 0 N–H and O–H groups in total. The summed E-state index contributed by atoms with van der Waals surface area (Å²) in [6.45, 7) is 0. The van der Waals surface area contributed by atoms with Gasteiger partial charge in [-0.25, -0.2) is 0 Å². The number of nitro benzene ring substituents is 1. The highest BCUT2D eigenvalue weighted by molar-refractivity contribution is 5.64. The van der Waals surface area contributed by atoms with Gasteiger partial charge in [-0.3, -0.25) is 10.1 Å². The van der Waals surface area contributed by atoms with Crippen molar-refractivity contribution >= 4 is 5.69 Å². The summed E-state index contributed by atoms with van der Waals surface area (Å²) in [7, 11) is 0. The maximum absolute atomic E-state index is 12.1. The highest BCUT2D eigenvalue weighted by atomic mass is 19.4. The van der Waals surface area contributed by atoms with Gasteiger partial charge in [-0.15, -0.1) is 13.2 Å². The predicted molar refractivity (Wildman–Crippen MR) is 57.5 cm³/mol. The molecule has 2 aromatic rings. The maximum Gasteiger partial charge on any atom is 0.573 e. The molecule has 0 saturated heterocycles. The van der Waals surface area contributed by atoms with Crippen molar-refractivity contribution in [3.05, 3.63) is 46.7 Å². The molecule has 1 aromatic carbocycles. The second kappa shape index (κ2) is 4.63. The first-order valence-corrected chi connectivity index (χ1v) is 4.95. The molecule has 8 heteroatoms. The van der Waals surface area contributed by atoms with E-state index in [2.05, 4.69) is 4.74 Å². The van der Waals surface area contributed by atoms with Crippen molar-refractivity contribution < 1.29 is 27.2 Å². The van der Waals surface area contributed by atoms with Crippen molar-refractivity contribution in [3.63, 3.8) is 0 Å². The van der Waals surface area contributed by atoms with Crippen LogP contribution in [0, 0.1) is 10.1 Å². The first-order valence-electron chi connectivity index (χ1n) is 4.95. The topological polar surface area (TPSA) is 65.5 Å². The normalized spacial score (nSPS) is 11.3. The third-order valence-corrected chi connectivity index (χ3v) is 2.19. The molecule has 0 unspecified atom stereocenters. The molecule has 0 amide bonds. The van der Waals surface area contributed by atoms with Gasteiger partial charge >= 0.3 is 12.0 Å². The second-order valence-electron chi connectivity index (χ2n) is 3.46. The SMILES string of the molecule is O=[N+]([O-])c1cc(-c2ccco2)ccc1OC(F)(F)F. The monoisotopic (exact) mass is 273 g/mol. The number of nitrogens with zero attached hydrogens (tertiary/aromatic N) is 1. The van der Waals surface area contributed by atoms with Crippen LogP contribution in [-0.2, 0) is 0 Å².